The highest BCUT2D eigenvalue weighted by Crippen LogP contribution is 2.11. The van der Waals surface area contributed by atoms with Crippen LogP contribution in [0.2, 0.25) is 0 Å². The molecule has 31 heavy (non-hydrogen) atoms. The van der Waals surface area contributed by atoms with Crippen molar-refractivity contribution < 1.29 is 29.1 Å². The number of nitrogens with one attached hydrogen (secondary N) is 5. The van der Waals surface area contributed by atoms with Crippen molar-refractivity contribution in [2.75, 3.05) is 26.7 Å². The number of aromatic hydroxyl groups is 1. The molecule has 0 bridgehead atoms. The summed E-state index contributed by atoms with van der Waals surface area (Å²) in [5.41, 5.74) is 8.32. The summed E-state index contributed by atoms with van der Waals surface area (Å²) in [5, 5.41) is 19.8. The first kappa shape index (κ1) is 25.2. The zero-order valence-electron chi connectivity index (χ0n) is 17.2. The molecule has 0 radical (unpaired) electrons. The van der Waals surface area contributed by atoms with E-state index in [1.807, 2.05) is 0 Å². The number of phenols is 1. The topological polar surface area (TPSA) is 195 Å². The Morgan fingerprint density at radius 2 is 1.52 bits per heavy atom. The van der Waals surface area contributed by atoms with Gasteiger partial charge in [-0.15, -0.1) is 0 Å². The van der Waals surface area contributed by atoms with E-state index in [2.05, 4.69) is 26.7 Å². The summed E-state index contributed by atoms with van der Waals surface area (Å²) >= 11 is 0. The summed E-state index contributed by atoms with van der Waals surface area (Å²) in [5.74, 6) is -2.47. The van der Waals surface area contributed by atoms with Crippen LogP contribution in [0.1, 0.15) is 12.5 Å². The summed E-state index contributed by atoms with van der Waals surface area (Å²) < 4.78 is 0. The van der Waals surface area contributed by atoms with E-state index >= 15 is 0 Å². The van der Waals surface area contributed by atoms with Gasteiger partial charge in [-0.3, -0.25) is 24.2 Å². The number of hydrogen-bond acceptors (Lipinski definition) is 7. The Balaban J connectivity index is 2.40. The number of carbonyl (C=O) groups excluding carboxylic acids is 5. The average Bonchev–Trinajstić information content (AvgIpc) is 2.73. The summed E-state index contributed by atoms with van der Waals surface area (Å²) in [6.45, 7) is 0.473. The van der Waals surface area contributed by atoms with Gasteiger partial charge in [0.15, 0.2) is 0 Å². The molecule has 13 heteroatoms. The first-order valence-corrected chi connectivity index (χ1v) is 9.25. The number of primary amides is 1. The minimum Gasteiger partial charge on any atom is -0.508 e. The van der Waals surface area contributed by atoms with Gasteiger partial charge in [0, 0.05) is 7.05 Å². The molecule has 1 atom stereocenters. The zero-order chi connectivity index (χ0) is 23.4. The molecule has 8 N–H and O–H groups in total. The van der Waals surface area contributed by atoms with Crippen LogP contribution in [-0.2, 0) is 25.7 Å². The number of benzene rings is 1. The van der Waals surface area contributed by atoms with Gasteiger partial charge < -0.3 is 32.1 Å². The molecule has 0 saturated carbocycles. The number of nitrogens with two attached hydrogens (primary N) is 1. The van der Waals surface area contributed by atoms with Crippen molar-refractivity contribution in [1.82, 2.24) is 31.7 Å². The highest BCUT2D eigenvalue weighted by Gasteiger charge is 2.20. The van der Waals surface area contributed by atoms with Gasteiger partial charge in [-0.2, -0.15) is 0 Å². The number of rotatable bonds is 11. The summed E-state index contributed by atoms with van der Waals surface area (Å²) in [6.07, 6.45) is 0. The van der Waals surface area contributed by atoms with Crippen LogP contribution in [0, 0.1) is 0 Å². The number of carbonyl (C=O) groups is 5. The maximum atomic E-state index is 12.4. The molecule has 0 aromatic heterocycles. The lowest BCUT2D eigenvalue weighted by Crippen LogP contribution is -2.53. The maximum Gasteiger partial charge on any atom is 0.332 e. The number of hydrogen-bond donors (Lipinski definition) is 7. The van der Waals surface area contributed by atoms with E-state index in [4.69, 9.17) is 5.73 Å². The monoisotopic (exact) mass is 437 g/mol. The first-order valence-electron chi connectivity index (χ1n) is 9.25. The highest BCUT2D eigenvalue weighted by atomic mass is 16.3. The van der Waals surface area contributed by atoms with Gasteiger partial charge in [-0.1, -0.05) is 12.1 Å². The molecular formula is C18H27N7O6. The third kappa shape index (κ3) is 9.94. The Labute approximate surface area is 178 Å². The van der Waals surface area contributed by atoms with Crippen molar-refractivity contribution in [2.45, 2.75) is 19.5 Å². The first-order chi connectivity index (χ1) is 14.6. The third-order valence-corrected chi connectivity index (χ3v) is 3.85. The van der Waals surface area contributed by atoms with E-state index in [0.29, 0.717) is 0 Å². The molecule has 6 amide bonds. The van der Waals surface area contributed by atoms with E-state index in [1.54, 1.807) is 12.1 Å². The molecule has 0 fully saturated rings. The van der Waals surface area contributed by atoms with Gasteiger partial charge >= 0.3 is 6.03 Å². The van der Waals surface area contributed by atoms with E-state index in [-0.39, 0.29) is 25.4 Å². The molecule has 0 heterocycles. The Bertz CT molecular complexity index is 799. The molecule has 1 unspecified atom stereocenters. The minimum absolute atomic E-state index is 0.102. The number of urea groups is 1. The van der Waals surface area contributed by atoms with E-state index < -0.39 is 42.2 Å². The number of phenolic OH excluding ortho intramolecular Hbond substituents is 1. The summed E-state index contributed by atoms with van der Waals surface area (Å²) in [4.78, 5) is 58.1. The molecule has 0 saturated heterocycles. The molecule has 0 aliphatic rings. The molecule has 0 aliphatic heterocycles. The van der Waals surface area contributed by atoms with E-state index in [0.717, 1.165) is 5.56 Å². The smallest absolute Gasteiger partial charge is 0.332 e. The van der Waals surface area contributed by atoms with Crippen molar-refractivity contribution in [3.63, 3.8) is 0 Å². The molecule has 1 rings (SSSR count). The van der Waals surface area contributed by atoms with E-state index in [1.165, 1.54) is 31.1 Å². The minimum atomic E-state index is -0.949. The second-order valence-corrected chi connectivity index (χ2v) is 6.38. The Hall–Kier alpha value is -3.87. The Morgan fingerprint density at radius 3 is 2.06 bits per heavy atom. The van der Waals surface area contributed by atoms with Crippen LogP contribution in [0.3, 0.4) is 0 Å². The van der Waals surface area contributed by atoms with Crippen LogP contribution in [-0.4, -0.2) is 72.5 Å². The number of amides is 6. The quantitative estimate of drug-likeness (QED) is 0.182. The van der Waals surface area contributed by atoms with Crippen LogP contribution >= 0.6 is 0 Å². The van der Waals surface area contributed by atoms with Gasteiger partial charge in [0.1, 0.15) is 11.8 Å². The van der Waals surface area contributed by atoms with Crippen molar-refractivity contribution in [1.29, 1.82) is 0 Å². The molecule has 1 aromatic carbocycles. The molecular weight excluding hydrogens is 410 g/mol. The lowest BCUT2D eigenvalue weighted by molar-refractivity contribution is -0.128. The van der Waals surface area contributed by atoms with Crippen molar-refractivity contribution in [2.24, 2.45) is 5.73 Å². The normalized spacial score (nSPS) is 11.0. The van der Waals surface area contributed by atoms with Crippen LogP contribution in [0.25, 0.3) is 0 Å². The largest absolute Gasteiger partial charge is 0.508 e. The lowest BCUT2D eigenvalue weighted by Gasteiger charge is -2.24. The van der Waals surface area contributed by atoms with Gasteiger partial charge in [0.2, 0.25) is 23.6 Å². The van der Waals surface area contributed by atoms with Crippen LogP contribution < -0.4 is 32.4 Å². The molecule has 170 valence electrons. The molecule has 0 aliphatic carbocycles. The second kappa shape index (κ2) is 12.6. The fourth-order valence-corrected chi connectivity index (χ4v) is 2.18. The highest BCUT2D eigenvalue weighted by molar-refractivity contribution is 5.91. The van der Waals surface area contributed by atoms with Crippen molar-refractivity contribution >= 4 is 29.7 Å². The summed E-state index contributed by atoms with van der Waals surface area (Å²) in [7, 11) is 1.54. The van der Waals surface area contributed by atoms with Crippen LogP contribution in [0.15, 0.2) is 24.3 Å². The summed E-state index contributed by atoms with van der Waals surface area (Å²) in [6, 6.07) is 4.75. The average molecular weight is 437 g/mol. The fraction of sp³-hybridized carbons (Fsp3) is 0.389. The molecule has 0 spiro atoms. The Kier molecular flexibility index (Phi) is 10.3. The Morgan fingerprint density at radius 1 is 0.968 bits per heavy atom. The predicted molar refractivity (Wildman–Crippen MR) is 109 cm³/mol. The van der Waals surface area contributed by atoms with Crippen LogP contribution in [0.4, 0.5) is 4.79 Å². The maximum absolute atomic E-state index is 12.4. The lowest BCUT2D eigenvalue weighted by atomic mass is 10.2. The van der Waals surface area contributed by atoms with Gasteiger partial charge in [-0.05, 0) is 24.6 Å². The van der Waals surface area contributed by atoms with E-state index in [9.17, 15) is 29.1 Å². The number of hydrazine groups is 1. The van der Waals surface area contributed by atoms with Gasteiger partial charge in [-0.25, -0.2) is 10.2 Å². The van der Waals surface area contributed by atoms with Crippen molar-refractivity contribution in [3.05, 3.63) is 29.8 Å². The standard InChI is InChI=1S/C18H27N7O6/c1-11(17(30)23-9-16(29)22-8-15(28)21-7-14(19)27)24-18(31)25(20-2)10-12-3-5-13(26)6-4-12/h3-6,11,20,26H,7-10H2,1-2H3,(H2,19,27)(H,21,28)(H,22,29)(H,23,30)(H,24,31). The SMILES string of the molecule is CNN(Cc1ccc(O)cc1)C(=O)NC(C)C(=O)NCC(=O)NCC(=O)NCC(N)=O. The van der Waals surface area contributed by atoms with Gasteiger partial charge in [0.25, 0.3) is 0 Å². The number of nitrogens with zero attached hydrogens (tertiary/aromatic N) is 1. The fourth-order valence-electron chi connectivity index (χ4n) is 2.18. The van der Waals surface area contributed by atoms with Gasteiger partial charge in [0.05, 0.1) is 26.2 Å². The molecule has 13 nitrogen and oxygen atoms in total. The second-order valence-electron chi connectivity index (χ2n) is 6.38. The predicted octanol–water partition coefficient (Wildman–Crippen LogP) is -2.74. The molecule has 1 aromatic rings. The van der Waals surface area contributed by atoms with Crippen LogP contribution in [0.5, 0.6) is 5.75 Å². The van der Waals surface area contributed by atoms with Crippen molar-refractivity contribution in [3.8, 4) is 5.75 Å². The third-order valence-electron chi connectivity index (χ3n) is 3.85. The zero-order valence-corrected chi connectivity index (χ0v) is 17.2.